The van der Waals surface area contributed by atoms with Crippen molar-refractivity contribution in [3.63, 3.8) is 0 Å². The average Bonchev–Trinajstić information content (AvgIpc) is 2.44. The van der Waals surface area contributed by atoms with Crippen LogP contribution in [0.5, 0.6) is 0 Å². The summed E-state index contributed by atoms with van der Waals surface area (Å²) >= 11 is 3.07. The fraction of sp³-hybridized carbons (Fsp3) is 0.600. The number of benzene rings is 1. The number of hydrogen-bond donors (Lipinski definition) is 1. The molecule has 1 aliphatic rings. The molecule has 2 rings (SSSR count). The van der Waals surface area contributed by atoms with Crippen LogP contribution in [0, 0.1) is 17.6 Å². The molecule has 1 aliphatic heterocycles. The van der Waals surface area contributed by atoms with Crippen LogP contribution in [0.25, 0.3) is 0 Å². The van der Waals surface area contributed by atoms with Crippen molar-refractivity contribution in [2.45, 2.75) is 51.4 Å². The Morgan fingerprint density at radius 3 is 2.15 bits per heavy atom. The molecule has 1 saturated heterocycles. The van der Waals surface area contributed by atoms with Crippen LogP contribution in [0.4, 0.5) is 8.78 Å². The van der Waals surface area contributed by atoms with Crippen molar-refractivity contribution in [3.05, 3.63) is 33.8 Å². The van der Waals surface area contributed by atoms with E-state index in [4.69, 9.17) is 10.5 Å². The third kappa shape index (κ3) is 2.90. The molecule has 0 amide bonds. The molecule has 5 heteroatoms. The molecule has 0 bridgehead atoms. The van der Waals surface area contributed by atoms with Crippen molar-refractivity contribution >= 4 is 15.9 Å². The van der Waals surface area contributed by atoms with Crippen LogP contribution in [0.15, 0.2) is 16.6 Å². The number of rotatable bonds is 2. The Morgan fingerprint density at radius 2 is 1.75 bits per heavy atom. The zero-order valence-corrected chi connectivity index (χ0v) is 13.7. The van der Waals surface area contributed by atoms with E-state index in [0.29, 0.717) is 10.9 Å². The maximum Gasteiger partial charge on any atom is 0.132 e. The molecule has 1 aromatic carbocycles. The lowest BCUT2D eigenvalue weighted by atomic mass is 9.79. The highest BCUT2D eigenvalue weighted by molar-refractivity contribution is 9.10. The largest absolute Gasteiger partial charge is 0.369 e. The Bertz CT molecular complexity index is 508. The highest BCUT2D eigenvalue weighted by Crippen LogP contribution is 2.47. The van der Waals surface area contributed by atoms with E-state index < -0.39 is 23.3 Å². The fourth-order valence-corrected chi connectivity index (χ4v) is 3.64. The molecule has 0 radical (unpaired) electrons. The molecule has 1 heterocycles. The van der Waals surface area contributed by atoms with E-state index in [1.165, 1.54) is 12.1 Å². The number of halogens is 3. The van der Waals surface area contributed by atoms with E-state index in [9.17, 15) is 8.78 Å². The van der Waals surface area contributed by atoms with Gasteiger partial charge < -0.3 is 10.5 Å². The zero-order chi connectivity index (χ0) is 15.3. The minimum absolute atomic E-state index is 0.0624. The molecular weight excluding hydrogens is 328 g/mol. The molecule has 0 saturated carbocycles. The van der Waals surface area contributed by atoms with Gasteiger partial charge >= 0.3 is 0 Å². The van der Waals surface area contributed by atoms with Crippen molar-refractivity contribution in [2.75, 3.05) is 0 Å². The highest BCUT2D eigenvalue weighted by atomic mass is 79.9. The van der Waals surface area contributed by atoms with Gasteiger partial charge in [0, 0.05) is 22.0 Å². The van der Waals surface area contributed by atoms with E-state index >= 15 is 0 Å². The minimum Gasteiger partial charge on any atom is -0.369 e. The molecule has 2 unspecified atom stereocenters. The summed E-state index contributed by atoms with van der Waals surface area (Å²) in [6.07, 6.45) is 0.663. The first-order valence-corrected chi connectivity index (χ1v) is 7.43. The lowest BCUT2D eigenvalue weighted by Crippen LogP contribution is -2.36. The summed E-state index contributed by atoms with van der Waals surface area (Å²) in [5, 5.41) is 0. The van der Waals surface area contributed by atoms with Crippen LogP contribution in [0.1, 0.15) is 45.7 Å². The van der Waals surface area contributed by atoms with Crippen LogP contribution >= 0.6 is 15.9 Å². The molecule has 2 atom stereocenters. The maximum atomic E-state index is 14.1. The molecule has 0 spiro atoms. The van der Waals surface area contributed by atoms with Crippen molar-refractivity contribution in [2.24, 2.45) is 11.7 Å². The Kier molecular flexibility index (Phi) is 4.00. The first-order valence-electron chi connectivity index (χ1n) is 6.64. The van der Waals surface area contributed by atoms with Gasteiger partial charge in [0.25, 0.3) is 0 Å². The quantitative estimate of drug-likeness (QED) is 0.864. The van der Waals surface area contributed by atoms with Crippen molar-refractivity contribution in [3.8, 4) is 0 Å². The molecule has 0 aromatic heterocycles. The van der Waals surface area contributed by atoms with Gasteiger partial charge in [-0.05, 0) is 46.2 Å². The van der Waals surface area contributed by atoms with E-state index in [-0.39, 0.29) is 17.1 Å². The highest BCUT2D eigenvalue weighted by Gasteiger charge is 2.49. The van der Waals surface area contributed by atoms with Gasteiger partial charge in [0.15, 0.2) is 0 Å². The lowest BCUT2D eigenvalue weighted by Gasteiger charge is -2.31. The van der Waals surface area contributed by atoms with Crippen LogP contribution in [-0.4, -0.2) is 11.2 Å². The molecule has 0 aliphatic carbocycles. The van der Waals surface area contributed by atoms with E-state index in [0.717, 1.165) is 0 Å². The first kappa shape index (κ1) is 15.9. The molecule has 1 fully saturated rings. The second-order valence-electron chi connectivity index (χ2n) is 6.58. The number of nitrogens with two attached hydrogens (primary N) is 1. The van der Waals surface area contributed by atoms with Crippen LogP contribution in [0.2, 0.25) is 0 Å². The van der Waals surface area contributed by atoms with Gasteiger partial charge in [-0.1, -0.05) is 15.9 Å². The van der Waals surface area contributed by atoms with Gasteiger partial charge in [-0.2, -0.15) is 0 Å². The monoisotopic (exact) mass is 347 g/mol. The first-order chi connectivity index (χ1) is 9.03. The smallest absolute Gasteiger partial charge is 0.132 e. The van der Waals surface area contributed by atoms with E-state index in [1.54, 1.807) is 0 Å². The summed E-state index contributed by atoms with van der Waals surface area (Å²) in [7, 11) is 0. The summed E-state index contributed by atoms with van der Waals surface area (Å²) in [5.74, 6) is -1.39. The van der Waals surface area contributed by atoms with Crippen molar-refractivity contribution in [1.29, 1.82) is 0 Å². The molecule has 1 aromatic rings. The fourth-order valence-electron chi connectivity index (χ4n) is 3.24. The van der Waals surface area contributed by atoms with Gasteiger partial charge in [0.1, 0.15) is 11.6 Å². The summed E-state index contributed by atoms with van der Waals surface area (Å²) in [5.41, 5.74) is 5.25. The van der Waals surface area contributed by atoms with Crippen LogP contribution in [0.3, 0.4) is 0 Å². The van der Waals surface area contributed by atoms with E-state index in [2.05, 4.69) is 15.9 Å². The zero-order valence-electron chi connectivity index (χ0n) is 12.1. The van der Waals surface area contributed by atoms with Gasteiger partial charge in [-0.15, -0.1) is 0 Å². The summed E-state index contributed by atoms with van der Waals surface area (Å²) in [6.45, 7) is 7.77. The SMILES string of the molecule is CC1(C)CC(C(N)c2c(F)cc(Br)cc2F)C(C)(C)O1. The molecular formula is C15H20BrF2NO. The number of ether oxygens (including phenoxy) is 1. The summed E-state index contributed by atoms with van der Waals surface area (Å²) < 4.78 is 34.5. The Balaban J connectivity index is 2.40. The summed E-state index contributed by atoms with van der Waals surface area (Å²) in [4.78, 5) is 0. The van der Waals surface area contributed by atoms with Gasteiger partial charge in [0.2, 0.25) is 0 Å². The van der Waals surface area contributed by atoms with Gasteiger partial charge in [-0.3, -0.25) is 0 Å². The molecule has 112 valence electrons. The Labute approximate surface area is 126 Å². The second-order valence-corrected chi connectivity index (χ2v) is 7.50. The third-order valence-electron chi connectivity index (χ3n) is 3.95. The second kappa shape index (κ2) is 5.04. The Morgan fingerprint density at radius 1 is 1.25 bits per heavy atom. The predicted molar refractivity (Wildman–Crippen MR) is 78.3 cm³/mol. The standard InChI is InChI=1S/C15H20BrF2NO/c1-14(2)7-9(15(3,4)20-14)13(19)12-10(17)5-8(16)6-11(12)18/h5-6,9,13H,7,19H2,1-4H3. The summed E-state index contributed by atoms with van der Waals surface area (Å²) in [6, 6.07) is 1.75. The minimum atomic E-state index is -0.736. The normalized spacial score (nSPS) is 25.7. The van der Waals surface area contributed by atoms with Gasteiger partial charge in [0.05, 0.1) is 11.2 Å². The lowest BCUT2D eigenvalue weighted by molar-refractivity contribution is -0.0768. The molecule has 2 N–H and O–H groups in total. The average molecular weight is 348 g/mol. The predicted octanol–water partition coefficient (Wildman–Crippen LogP) is 4.32. The van der Waals surface area contributed by atoms with Gasteiger partial charge in [-0.25, -0.2) is 8.78 Å². The van der Waals surface area contributed by atoms with E-state index in [1.807, 2.05) is 27.7 Å². The number of hydrogen-bond acceptors (Lipinski definition) is 2. The van der Waals surface area contributed by atoms with Crippen molar-refractivity contribution < 1.29 is 13.5 Å². The van der Waals surface area contributed by atoms with Crippen LogP contribution < -0.4 is 5.73 Å². The Hall–Kier alpha value is -0.520. The van der Waals surface area contributed by atoms with Crippen LogP contribution in [-0.2, 0) is 4.74 Å². The molecule has 20 heavy (non-hydrogen) atoms. The molecule has 2 nitrogen and oxygen atoms in total. The van der Waals surface area contributed by atoms with Crippen molar-refractivity contribution in [1.82, 2.24) is 0 Å². The topological polar surface area (TPSA) is 35.2 Å². The maximum absolute atomic E-state index is 14.1. The third-order valence-corrected chi connectivity index (χ3v) is 4.41.